The number of nitrogens with two attached hydrogens (primary N) is 2. The van der Waals surface area contributed by atoms with Crippen LogP contribution in [0.4, 0.5) is 20.3 Å². The fraction of sp³-hybridized carbons (Fsp3) is 0.0800. The topological polar surface area (TPSA) is 109 Å². The zero-order chi connectivity index (χ0) is 24.0. The van der Waals surface area contributed by atoms with Crippen LogP contribution in [0.3, 0.4) is 0 Å². The standard InChI is InChI=1S/C25H19F2N5O2/c1-13-6-23(34-22-5-3-2-4-18(22)26)30-12-21(13)32-25(29)17(11-31-32)24(33)16-7-14-9-19(27)20(28)10-15(14)8-16/h2-7,9-12H,8,28-29H2,1H3. The van der Waals surface area contributed by atoms with Gasteiger partial charge in [-0.15, -0.1) is 0 Å². The number of pyridine rings is 1. The Kier molecular flexibility index (Phi) is 5.09. The first-order valence-electron chi connectivity index (χ1n) is 10.4. The third-order valence-electron chi connectivity index (χ3n) is 5.65. The molecule has 2 heterocycles. The second kappa shape index (κ2) is 8.11. The van der Waals surface area contributed by atoms with E-state index in [1.54, 1.807) is 31.2 Å². The molecule has 0 saturated carbocycles. The Labute approximate surface area is 193 Å². The number of aromatic nitrogens is 3. The summed E-state index contributed by atoms with van der Waals surface area (Å²) in [5, 5.41) is 4.27. The summed E-state index contributed by atoms with van der Waals surface area (Å²) in [6.07, 6.45) is 4.84. The summed E-state index contributed by atoms with van der Waals surface area (Å²) in [5.41, 5.74) is 15.3. The summed E-state index contributed by atoms with van der Waals surface area (Å²) in [7, 11) is 0. The number of ketones is 1. The van der Waals surface area contributed by atoms with E-state index in [1.165, 1.54) is 41.3 Å². The second-order valence-corrected chi connectivity index (χ2v) is 7.94. The minimum atomic E-state index is -0.526. The molecular weight excluding hydrogens is 440 g/mol. The normalized spacial score (nSPS) is 12.4. The van der Waals surface area contributed by atoms with Crippen molar-refractivity contribution in [1.82, 2.24) is 14.8 Å². The van der Waals surface area contributed by atoms with Crippen molar-refractivity contribution < 1.29 is 18.3 Å². The predicted molar refractivity (Wildman–Crippen MR) is 124 cm³/mol. The number of aryl methyl sites for hydroxylation is 1. The molecule has 4 N–H and O–H groups in total. The molecule has 0 atom stereocenters. The molecule has 2 aromatic heterocycles. The van der Waals surface area contributed by atoms with Crippen LogP contribution in [0, 0.1) is 18.6 Å². The van der Waals surface area contributed by atoms with Gasteiger partial charge in [0.1, 0.15) is 11.6 Å². The number of benzene rings is 2. The summed E-state index contributed by atoms with van der Waals surface area (Å²) in [6, 6.07) is 10.5. The molecule has 0 spiro atoms. The van der Waals surface area contributed by atoms with Crippen molar-refractivity contribution >= 4 is 23.4 Å². The highest BCUT2D eigenvalue weighted by Crippen LogP contribution is 2.32. The molecule has 1 aliphatic carbocycles. The summed E-state index contributed by atoms with van der Waals surface area (Å²) in [6.45, 7) is 1.79. The lowest BCUT2D eigenvalue weighted by atomic mass is 10.0. The fourth-order valence-corrected chi connectivity index (χ4v) is 3.87. The number of anilines is 2. The maximum Gasteiger partial charge on any atom is 0.219 e. The summed E-state index contributed by atoms with van der Waals surface area (Å²) < 4.78 is 34.6. The van der Waals surface area contributed by atoms with Gasteiger partial charge in [-0.25, -0.2) is 18.4 Å². The van der Waals surface area contributed by atoms with Crippen molar-refractivity contribution in [3.8, 4) is 17.3 Å². The molecule has 9 heteroatoms. The number of ether oxygens (including phenoxy) is 1. The Morgan fingerprint density at radius 1 is 1.09 bits per heavy atom. The molecule has 0 amide bonds. The van der Waals surface area contributed by atoms with E-state index >= 15 is 0 Å². The predicted octanol–water partition coefficient (Wildman–Crippen LogP) is 4.63. The zero-order valence-electron chi connectivity index (χ0n) is 18.0. The quantitative estimate of drug-likeness (QED) is 0.333. The zero-order valence-corrected chi connectivity index (χ0v) is 18.0. The summed E-state index contributed by atoms with van der Waals surface area (Å²) in [4.78, 5) is 17.3. The number of hydrogen-bond donors (Lipinski definition) is 2. The van der Waals surface area contributed by atoms with Crippen molar-refractivity contribution in [3.63, 3.8) is 0 Å². The maximum atomic E-state index is 13.9. The van der Waals surface area contributed by atoms with Gasteiger partial charge in [0.15, 0.2) is 17.3 Å². The number of halogens is 2. The molecule has 2 aromatic carbocycles. The minimum Gasteiger partial charge on any atom is -0.436 e. The van der Waals surface area contributed by atoms with E-state index < -0.39 is 11.6 Å². The van der Waals surface area contributed by atoms with Crippen LogP contribution < -0.4 is 16.2 Å². The van der Waals surface area contributed by atoms with Gasteiger partial charge in [0.05, 0.1) is 29.3 Å². The lowest BCUT2D eigenvalue weighted by Crippen LogP contribution is -2.09. The smallest absolute Gasteiger partial charge is 0.219 e. The molecule has 0 radical (unpaired) electrons. The molecule has 170 valence electrons. The van der Waals surface area contributed by atoms with E-state index in [2.05, 4.69) is 10.1 Å². The highest BCUT2D eigenvalue weighted by Gasteiger charge is 2.25. The molecule has 0 aliphatic heterocycles. The molecule has 5 rings (SSSR count). The van der Waals surface area contributed by atoms with Crippen LogP contribution in [-0.2, 0) is 6.42 Å². The third-order valence-corrected chi connectivity index (χ3v) is 5.65. The lowest BCUT2D eigenvalue weighted by Gasteiger charge is -2.11. The van der Waals surface area contributed by atoms with Crippen molar-refractivity contribution in [3.05, 3.63) is 94.3 Å². The van der Waals surface area contributed by atoms with Gasteiger partial charge in [-0.3, -0.25) is 4.79 Å². The number of carbonyl (C=O) groups excluding carboxylic acids is 1. The molecule has 0 unspecified atom stereocenters. The van der Waals surface area contributed by atoms with E-state index in [0.29, 0.717) is 28.8 Å². The average molecular weight is 459 g/mol. The van der Waals surface area contributed by atoms with Crippen molar-refractivity contribution in [1.29, 1.82) is 0 Å². The second-order valence-electron chi connectivity index (χ2n) is 7.94. The first-order valence-corrected chi connectivity index (χ1v) is 10.4. The molecule has 7 nitrogen and oxygen atoms in total. The average Bonchev–Trinajstić information content (AvgIpc) is 3.39. The van der Waals surface area contributed by atoms with Gasteiger partial charge >= 0.3 is 0 Å². The van der Waals surface area contributed by atoms with Crippen LogP contribution in [0.2, 0.25) is 0 Å². The monoisotopic (exact) mass is 459 g/mol. The molecule has 4 aromatic rings. The SMILES string of the molecule is Cc1cc(Oc2ccccc2F)ncc1-n1ncc(C(=O)C2=Cc3cc(F)c(N)cc3C2)c1N. The molecule has 0 bridgehead atoms. The van der Waals surface area contributed by atoms with Gasteiger partial charge in [0.25, 0.3) is 0 Å². The number of para-hydroxylation sites is 1. The maximum absolute atomic E-state index is 13.9. The van der Waals surface area contributed by atoms with Crippen molar-refractivity contribution in [2.45, 2.75) is 13.3 Å². The molecule has 0 saturated heterocycles. The first kappa shape index (κ1) is 21.3. The van der Waals surface area contributed by atoms with Crippen LogP contribution in [-0.4, -0.2) is 20.5 Å². The Morgan fingerprint density at radius 2 is 1.88 bits per heavy atom. The Hall–Kier alpha value is -4.53. The third kappa shape index (κ3) is 3.66. The molecule has 34 heavy (non-hydrogen) atoms. The number of allylic oxidation sites excluding steroid dienone is 1. The number of carbonyl (C=O) groups is 1. The number of nitrogens with zero attached hydrogens (tertiary/aromatic N) is 3. The molecular formula is C25H19F2N5O2. The van der Waals surface area contributed by atoms with Gasteiger partial charge < -0.3 is 16.2 Å². The van der Waals surface area contributed by atoms with Gasteiger partial charge in [-0.05, 0) is 54.0 Å². The van der Waals surface area contributed by atoms with Crippen LogP contribution in [0.5, 0.6) is 11.6 Å². The van der Waals surface area contributed by atoms with Crippen molar-refractivity contribution in [2.75, 3.05) is 11.5 Å². The summed E-state index contributed by atoms with van der Waals surface area (Å²) in [5.74, 6) is -0.931. The number of hydrogen-bond acceptors (Lipinski definition) is 6. The van der Waals surface area contributed by atoms with Crippen LogP contribution in [0.15, 0.2) is 60.4 Å². The number of fused-ring (bicyclic) bond motifs is 1. The van der Waals surface area contributed by atoms with Gasteiger partial charge in [-0.2, -0.15) is 5.10 Å². The molecule has 0 fully saturated rings. The Morgan fingerprint density at radius 3 is 2.65 bits per heavy atom. The van der Waals surface area contributed by atoms with Gasteiger partial charge in [0.2, 0.25) is 5.88 Å². The van der Waals surface area contributed by atoms with E-state index in [-0.39, 0.29) is 34.5 Å². The molecule has 1 aliphatic rings. The summed E-state index contributed by atoms with van der Waals surface area (Å²) >= 11 is 0. The van der Waals surface area contributed by atoms with Crippen LogP contribution >= 0.6 is 0 Å². The van der Waals surface area contributed by atoms with Crippen LogP contribution in [0.25, 0.3) is 11.8 Å². The van der Waals surface area contributed by atoms with Gasteiger partial charge in [-0.1, -0.05) is 12.1 Å². The lowest BCUT2D eigenvalue weighted by molar-refractivity contribution is 0.103. The first-order chi connectivity index (χ1) is 16.3. The minimum absolute atomic E-state index is 0.0404. The highest BCUT2D eigenvalue weighted by atomic mass is 19.1. The largest absolute Gasteiger partial charge is 0.436 e. The van der Waals surface area contributed by atoms with E-state index in [9.17, 15) is 13.6 Å². The van der Waals surface area contributed by atoms with Gasteiger partial charge in [0, 0.05) is 18.1 Å². The van der Waals surface area contributed by atoms with E-state index in [1.807, 2.05) is 0 Å². The van der Waals surface area contributed by atoms with Crippen LogP contribution in [0.1, 0.15) is 27.0 Å². The van der Waals surface area contributed by atoms with Crippen molar-refractivity contribution in [2.24, 2.45) is 0 Å². The number of Topliss-reactive ketones (excluding diaryl/α,β-unsaturated/α-hetero) is 1. The highest BCUT2D eigenvalue weighted by molar-refractivity contribution is 6.15. The van der Waals surface area contributed by atoms with E-state index in [0.717, 1.165) is 5.56 Å². The number of rotatable bonds is 5. The number of nitrogen functional groups attached to an aromatic ring is 2. The van der Waals surface area contributed by atoms with E-state index in [4.69, 9.17) is 16.2 Å². The fourth-order valence-electron chi connectivity index (χ4n) is 3.87. The Balaban J connectivity index is 1.40. The Bertz CT molecular complexity index is 1490.